The van der Waals surface area contributed by atoms with Crippen LogP contribution < -0.4 is 20.1 Å². The van der Waals surface area contributed by atoms with E-state index in [1.165, 1.54) is 6.07 Å². The number of rotatable bonds is 8. The third-order valence-corrected chi connectivity index (χ3v) is 3.40. The summed E-state index contributed by atoms with van der Waals surface area (Å²) < 4.78 is 36.3. The van der Waals surface area contributed by atoms with Gasteiger partial charge in [-0.05, 0) is 36.2 Å². The van der Waals surface area contributed by atoms with Crippen molar-refractivity contribution in [3.05, 3.63) is 59.7 Å². The number of halogens is 2. The fourth-order valence-corrected chi connectivity index (χ4v) is 2.09. The van der Waals surface area contributed by atoms with E-state index < -0.39 is 11.6 Å². The Morgan fingerprint density at radius 2 is 1.76 bits per heavy atom. The van der Waals surface area contributed by atoms with E-state index >= 15 is 0 Å². The first-order valence-electron chi connectivity index (χ1n) is 7.81. The molecule has 2 rings (SSSR count). The van der Waals surface area contributed by atoms with Crippen molar-refractivity contribution in [3.8, 4) is 11.5 Å². The van der Waals surface area contributed by atoms with Crippen LogP contribution in [0.5, 0.6) is 11.5 Å². The third-order valence-electron chi connectivity index (χ3n) is 3.40. The smallest absolute Gasteiger partial charge is 0.314 e. The second kappa shape index (κ2) is 9.46. The van der Waals surface area contributed by atoms with Gasteiger partial charge in [0, 0.05) is 12.6 Å². The molecule has 0 fully saturated rings. The van der Waals surface area contributed by atoms with Crippen molar-refractivity contribution in [2.24, 2.45) is 0 Å². The average Bonchev–Trinajstić information content (AvgIpc) is 2.61. The molecule has 0 aliphatic heterocycles. The molecule has 0 saturated carbocycles. The summed E-state index contributed by atoms with van der Waals surface area (Å²) in [7, 11) is 1.61. The lowest BCUT2D eigenvalue weighted by Gasteiger charge is -2.10. The largest absolute Gasteiger partial charge is 0.497 e. The number of nitrogens with one attached hydrogen (secondary N) is 2. The van der Waals surface area contributed by atoms with Gasteiger partial charge in [-0.15, -0.1) is 0 Å². The molecular weight excluding hydrogens is 330 g/mol. The van der Waals surface area contributed by atoms with Crippen LogP contribution in [0.2, 0.25) is 0 Å². The second-order valence-corrected chi connectivity index (χ2v) is 5.20. The van der Waals surface area contributed by atoms with Crippen molar-refractivity contribution < 1.29 is 23.0 Å². The van der Waals surface area contributed by atoms with E-state index in [-0.39, 0.29) is 24.9 Å². The number of carbonyl (C=O) groups excluding carboxylic acids is 1. The van der Waals surface area contributed by atoms with Crippen LogP contribution in [0, 0.1) is 11.6 Å². The van der Waals surface area contributed by atoms with Crippen LogP contribution >= 0.6 is 0 Å². The first kappa shape index (κ1) is 18.5. The lowest BCUT2D eigenvalue weighted by Crippen LogP contribution is -2.38. The molecule has 0 aliphatic carbocycles. The van der Waals surface area contributed by atoms with Crippen LogP contribution in [0.3, 0.4) is 0 Å². The highest BCUT2D eigenvalue weighted by Crippen LogP contribution is 2.17. The topological polar surface area (TPSA) is 59.6 Å². The number of hydrogen-bond acceptors (Lipinski definition) is 3. The van der Waals surface area contributed by atoms with Crippen molar-refractivity contribution in [1.29, 1.82) is 0 Å². The molecule has 0 spiro atoms. The summed E-state index contributed by atoms with van der Waals surface area (Å²) in [5.41, 5.74) is 1.08. The SMILES string of the molecule is COc1ccc(CCNC(=O)NCCOc2ccc(F)cc2F)cc1. The third kappa shape index (κ3) is 6.29. The maximum absolute atomic E-state index is 13.3. The predicted molar refractivity (Wildman–Crippen MR) is 90.0 cm³/mol. The summed E-state index contributed by atoms with van der Waals surface area (Å²) >= 11 is 0. The first-order chi connectivity index (χ1) is 12.1. The molecule has 2 aromatic rings. The monoisotopic (exact) mass is 350 g/mol. The van der Waals surface area contributed by atoms with Gasteiger partial charge >= 0.3 is 6.03 Å². The second-order valence-electron chi connectivity index (χ2n) is 5.20. The van der Waals surface area contributed by atoms with Crippen molar-refractivity contribution >= 4 is 6.03 Å². The van der Waals surface area contributed by atoms with Gasteiger partial charge in [0.05, 0.1) is 13.7 Å². The fourth-order valence-electron chi connectivity index (χ4n) is 2.09. The Kier molecular flexibility index (Phi) is 7.00. The Morgan fingerprint density at radius 3 is 2.44 bits per heavy atom. The molecule has 5 nitrogen and oxygen atoms in total. The number of methoxy groups -OCH3 is 1. The maximum Gasteiger partial charge on any atom is 0.314 e. The quantitative estimate of drug-likeness (QED) is 0.720. The summed E-state index contributed by atoms with van der Waals surface area (Å²) in [6.45, 7) is 0.755. The molecule has 7 heteroatoms. The molecule has 0 heterocycles. The zero-order valence-corrected chi connectivity index (χ0v) is 13.9. The molecule has 0 unspecified atom stereocenters. The van der Waals surface area contributed by atoms with Gasteiger partial charge in [-0.3, -0.25) is 0 Å². The van der Waals surface area contributed by atoms with Crippen LogP contribution in [0.15, 0.2) is 42.5 Å². The minimum Gasteiger partial charge on any atom is -0.497 e. The molecule has 2 amide bonds. The van der Waals surface area contributed by atoms with Crippen molar-refractivity contribution in [1.82, 2.24) is 10.6 Å². The molecule has 134 valence electrons. The lowest BCUT2D eigenvalue weighted by molar-refractivity contribution is 0.236. The minimum absolute atomic E-state index is 0.0527. The highest BCUT2D eigenvalue weighted by molar-refractivity contribution is 5.73. The molecular formula is C18H20F2N2O3. The molecule has 0 aromatic heterocycles. The van der Waals surface area contributed by atoms with Gasteiger partial charge in [-0.1, -0.05) is 12.1 Å². The van der Waals surface area contributed by atoms with Crippen molar-refractivity contribution in [2.75, 3.05) is 26.8 Å². The molecule has 0 bridgehead atoms. The Morgan fingerprint density at radius 1 is 1.04 bits per heavy atom. The summed E-state index contributed by atoms with van der Waals surface area (Å²) in [5.74, 6) is -0.710. The molecule has 0 atom stereocenters. The molecule has 0 saturated heterocycles. The predicted octanol–water partition coefficient (Wildman–Crippen LogP) is 2.89. The van der Waals surface area contributed by atoms with Gasteiger partial charge in [0.1, 0.15) is 18.2 Å². The van der Waals surface area contributed by atoms with Gasteiger partial charge < -0.3 is 20.1 Å². The molecule has 2 N–H and O–H groups in total. The Hall–Kier alpha value is -2.83. The standard InChI is InChI=1S/C18H20F2N2O3/c1-24-15-5-2-13(3-6-15)8-9-21-18(23)22-10-11-25-17-7-4-14(19)12-16(17)20/h2-7,12H,8-11H2,1H3,(H2,21,22,23). The van der Waals surface area contributed by atoms with Gasteiger partial charge in [-0.25, -0.2) is 13.6 Å². The normalized spacial score (nSPS) is 10.2. The molecule has 0 aliphatic rings. The highest BCUT2D eigenvalue weighted by atomic mass is 19.1. The van der Waals surface area contributed by atoms with Gasteiger partial charge in [-0.2, -0.15) is 0 Å². The lowest BCUT2D eigenvalue weighted by atomic mass is 10.1. The summed E-state index contributed by atoms with van der Waals surface area (Å²) in [4.78, 5) is 11.6. The van der Waals surface area contributed by atoms with E-state index in [0.29, 0.717) is 13.0 Å². The number of amides is 2. The summed E-state index contributed by atoms with van der Waals surface area (Å²) in [6, 6.07) is 10.3. The maximum atomic E-state index is 13.3. The minimum atomic E-state index is -0.774. The number of carbonyl (C=O) groups is 1. The summed E-state index contributed by atoms with van der Waals surface area (Å²) in [5, 5.41) is 5.31. The Bertz CT molecular complexity index is 693. The van der Waals surface area contributed by atoms with Crippen LogP contribution in [-0.2, 0) is 6.42 Å². The number of urea groups is 1. The van der Waals surface area contributed by atoms with E-state index in [1.54, 1.807) is 7.11 Å². The zero-order chi connectivity index (χ0) is 18.1. The first-order valence-corrected chi connectivity index (χ1v) is 7.81. The molecule has 2 aromatic carbocycles. The summed E-state index contributed by atoms with van der Waals surface area (Å²) in [6.07, 6.45) is 0.689. The molecule has 0 radical (unpaired) electrons. The Balaban J connectivity index is 1.60. The van der Waals surface area contributed by atoms with Crippen LogP contribution in [0.25, 0.3) is 0 Å². The average molecular weight is 350 g/mol. The van der Waals surface area contributed by atoms with Crippen LogP contribution in [0.1, 0.15) is 5.56 Å². The van der Waals surface area contributed by atoms with Crippen LogP contribution in [0.4, 0.5) is 13.6 Å². The highest BCUT2D eigenvalue weighted by Gasteiger charge is 2.05. The van der Waals surface area contributed by atoms with Gasteiger partial charge in [0.15, 0.2) is 11.6 Å². The van der Waals surface area contributed by atoms with E-state index in [4.69, 9.17) is 9.47 Å². The van der Waals surface area contributed by atoms with E-state index in [9.17, 15) is 13.6 Å². The molecule has 25 heavy (non-hydrogen) atoms. The van der Waals surface area contributed by atoms with Gasteiger partial charge in [0.25, 0.3) is 0 Å². The zero-order valence-electron chi connectivity index (χ0n) is 13.9. The number of hydrogen-bond donors (Lipinski definition) is 2. The van der Waals surface area contributed by atoms with E-state index in [1.807, 2.05) is 24.3 Å². The van der Waals surface area contributed by atoms with Crippen LogP contribution in [-0.4, -0.2) is 32.8 Å². The Labute approximate surface area is 144 Å². The van der Waals surface area contributed by atoms with Crippen molar-refractivity contribution in [2.45, 2.75) is 6.42 Å². The van der Waals surface area contributed by atoms with Gasteiger partial charge in [0.2, 0.25) is 0 Å². The van der Waals surface area contributed by atoms with Crippen molar-refractivity contribution in [3.63, 3.8) is 0 Å². The number of ether oxygens (including phenoxy) is 2. The van der Waals surface area contributed by atoms with E-state index in [2.05, 4.69) is 10.6 Å². The van der Waals surface area contributed by atoms with E-state index in [0.717, 1.165) is 23.4 Å². The fraction of sp³-hybridized carbons (Fsp3) is 0.278. The number of benzene rings is 2.